The summed E-state index contributed by atoms with van der Waals surface area (Å²) in [4.78, 5) is 11.3. The maximum Gasteiger partial charge on any atom is 0.163 e. The van der Waals surface area contributed by atoms with E-state index >= 15 is 0 Å². The number of benzene rings is 1. The molecular weight excluding hydrogens is 216 g/mol. The van der Waals surface area contributed by atoms with E-state index in [4.69, 9.17) is 21.1 Å². The lowest BCUT2D eigenvalue weighted by Gasteiger charge is -2.10. The molecule has 0 N–H and O–H groups in total. The molecule has 0 bridgehead atoms. The third-order valence-corrected chi connectivity index (χ3v) is 2.40. The van der Waals surface area contributed by atoms with Crippen LogP contribution in [0.25, 0.3) is 0 Å². The van der Waals surface area contributed by atoms with E-state index in [1.54, 1.807) is 19.2 Å². The fraction of sp³-hybridized carbons (Fsp3) is 0.364. The summed E-state index contributed by atoms with van der Waals surface area (Å²) in [5, 5.41) is 0.517. The van der Waals surface area contributed by atoms with Crippen molar-refractivity contribution < 1.29 is 14.3 Å². The van der Waals surface area contributed by atoms with Gasteiger partial charge < -0.3 is 9.47 Å². The SMILES string of the molecule is COCc1cc(OC)c(C(C)=O)cc1Cl. The fourth-order valence-electron chi connectivity index (χ4n) is 1.31. The van der Waals surface area contributed by atoms with Crippen molar-refractivity contribution in [3.8, 4) is 5.75 Å². The maximum atomic E-state index is 11.3. The molecule has 0 saturated heterocycles. The van der Waals surface area contributed by atoms with Crippen LogP contribution in [-0.4, -0.2) is 20.0 Å². The number of carbonyl (C=O) groups is 1. The molecule has 0 aliphatic heterocycles. The molecule has 1 aromatic rings. The summed E-state index contributed by atoms with van der Waals surface area (Å²) >= 11 is 5.99. The summed E-state index contributed by atoms with van der Waals surface area (Å²) in [7, 11) is 3.11. The summed E-state index contributed by atoms with van der Waals surface area (Å²) < 4.78 is 10.1. The van der Waals surface area contributed by atoms with Gasteiger partial charge in [-0.2, -0.15) is 0 Å². The normalized spacial score (nSPS) is 10.1. The maximum absolute atomic E-state index is 11.3. The number of halogens is 1. The van der Waals surface area contributed by atoms with Gasteiger partial charge in [-0.1, -0.05) is 11.6 Å². The van der Waals surface area contributed by atoms with Crippen LogP contribution in [0.2, 0.25) is 5.02 Å². The first kappa shape index (κ1) is 12.0. The van der Waals surface area contributed by atoms with Crippen molar-refractivity contribution in [1.29, 1.82) is 0 Å². The highest BCUT2D eigenvalue weighted by Gasteiger charge is 2.12. The summed E-state index contributed by atoms with van der Waals surface area (Å²) in [6.45, 7) is 1.87. The van der Waals surface area contributed by atoms with Gasteiger partial charge in [0.15, 0.2) is 5.78 Å². The van der Waals surface area contributed by atoms with Gasteiger partial charge in [0, 0.05) is 17.7 Å². The zero-order valence-corrected chi connectivity index (χ0v) is 9.72. The smallest absolute Gasteiger partial charge is 0.163 e. The second-order valence-corrected chi connectivity index (χ2v) is 3.54. The Morgan fingerprint density at radius 2 is 2.07 bits per heavy atom. The first-order chi connectivity index (χ1) is 7.10. The molecule has 0 saturated carbocycles. The average Bonchev–Trinajstić information content (AvgIpc) is 2.20. The Labute approximate surface area is 93.9 Å². The summed E-state index contributed by atoms with van der Waals surface area (Å²) in [5.74, 6) is 0.455. The van der Waals surface area contributed by atoms with Crippen LogP contribution in [0.4, 0.5) is 0 Å². The van der Waals surface area contributed by atoms with Crippen LogP contribution in [-0.2, 0) is 11.3 Å². The van der Waals surface area contributed by atoms with E-state index < -0.39 is 0 Å². The molecule has 0 amide bonds. The van der Waals surface area contributed by atoms with Crippen LogP contribution in [0.1, 0.15) is 22.8 Å². The number of Topliss-reactive ketones (excluding diaryl/α,β-unsaturated/α-hetero) is 1. The van der Waals surface area contributed by atoms with Gasteiger partial charge in [0.1, 0.15) is 5.75 Å². The molecule has 82 valence electrons. The zero-order valence-electron chi connectivity index (χ0n) is 8.96. The van der Waals surface area contributed by atoms with E-state index in [1.165, 1.54) is 14.0 Å². The number of ether oxygens (including phenoxy) is 2. The van der Waals surface area contributed by atoms with Crippen LogP contribution in [0.5, 0.6) is 5.75 Å². The monoisotopic (exact) mass is 228 g/mol. The van der Waals surface area contributed by atoms with E-state index in [2.05, 4.69) is 0 Å². The average molecular weight is 229 g/mol. The molecule has 0 unspecified atom stereocenters. The van der Waals surface area contributed by atoms with Crippen LogP contribution in [0.15, 0.2) is 12.1 Å². The summed E-state index contributed by atoms with van der Waals surface area (Å²) in [6, 6.07) is 3.33. The Bertz CT molecular complexity index is 374. The fourth-order valence-corrected chi connectivity index (χ4v) is 1.52. The van der Waals surface area contributed by atoms with Gasteiger partial charge in [0.2, 0.25) is 0 Å². The van der Waals surface area contributed by atoms with Crippen LogP contribution in [0, 0.1) is 0 Å². The quantitative estimate of drug-likeness (QED) is 0.744. The van der Waals surface area contributed by atoms with E-state index in [0.717, 1.165) is 5.56 Å². The summed E-state index contributed by atoms with van der Waals surface area (Å²) in [5.41, 5.74) is 1.29. The van der Waals surface area contributed by atoms with Gasteiger partial charge in [0.25, 0.3) is 0 Å². The van der Waals surface area contributed by atoms with Crippen molar-refractivity contribution in [3.05, 3.63) is 28.3 Å². The third kappa shape index (κ3) is 2.70. The van der Waals surface area contributed by atoms with Crippen LogP contribution >= 0.6 is 11.6 Å². The Balaban J connectivity index is 3.22. The highest BCUT2D eigenvalue weighted by Crippen LogP contribution is 2.27. The Morgan fingerprint density at radius 1 is 1.40 bits per heavy atom. The first-order valence-corrected chi connectivity index (χ1v) is 4.84. The highest BCUT2D eigenvalue weighted by atomic mass is 35.5. The molecule has 1 rings (SSSR count). The molecule has 0 aromatic heterocycles. The Morgan fingerprint density at radius 3 is 2.53 bits per heavy atom. The Kier molecular flexibility index (Phi) is 4.12. The molecule has 15 heavy (non-hydrogen) atoms. The van der Waals surface area contributed by atoms with E-state index in [-0.39, 0.29) is 5.78 Å². The van der Waals surface area contributed by atoms with E-state index in [1.807, 2.05) is 0 Å². The molecule has 0 atom stereocenters. The first-order valence-electron chi connectivity index (χ1n) is 4.46. The molecule has 0 aliphatic carbocycles. The number of carbonyl (C=O) groups excluding carboxylic acids is 1. The summed E-state index contributed by atoms with van der Waals surface area (Å²) in [6.07, 6.45) is 0. The molecule has 0 radical (unpaired) electrons. The van der Waals surface area contributed by atoms with Crippen molar-refractivity contribution in [2.45, 2.75) is 13.5 Å². The Hall–Kier alpha value is -1.06. The predicted molar refractivity (Wildman–Crippen MR) is 58.7 cm³/mol. The lowest BCUT2D eigenvalue weighted by atomic mass is 10.1. The van der Waals surface area contributed by atoms with Crippen molar-refractivity contribution in [2.24, 2.45) is 0 Å². The lowest BCUT2D eigenvalue weighted by molar-refractivity contribution is 0.101. The predicted octanol–water partition coefficient (Wildman–Crippen LogP) is 2.70. The van der Waals surface area contributed by atoms with Crippen LogP contribution in [0.3, 0.4) is 0 Å². The van der Waals surface area contributed by atoms with Crippen LogP contribution < -0.4 is 4.74 Å². The topological polar surface area (TPSA) is 35.5 Å². The van der Waals surface area contributed by atoms with Gasteiger partial charge in [-0.3, -0.25) is 4.79 Å². The van der Waals surface area contributed by atoms with Gasteiger partial charge in [-0.15, -0.1) is 0 Å². The number of rotatable bonds is 4. The standard InChI is InChI=1S/C11H13ClO3/c1-7(13)9-5-10(12)8(6-14-2)4-11(9)15-3/h4-5H,6H2,1-3H3. The molecular formula is C11H13ClO3. The van der Waals surface area contributed by atoms with Crippen molar-refractivity contribution in [1.82, 2.24) is 0 Å². The van der Waals surface area contributed by atoms with Gasteiger partial charge in [-0.05, 0) is 19.1 Å². The molecule has 0 fully saturated rings. The molecule has 1 aromatic carbocycles. The third-order valence-electron chi connectivity index (χ3n) is 2.05. The van der Waals surface area contributed by atoms with Crippen molar-refractivity contribution in [3.63, 3.8) is 0 Å². The minimum absolute atomic E-state index is 0.0716. The molecule has 0 heterocycles. The largest absolute Gasteiger partial charge is 0.496 e. The van der Waals surface area contributed by atoms with Gasteiger partial charge >= 0.3 is 0 Å². The zero-order chi connectivity index (χ0) is 11.4. The van der Waals surface area contributed by atoms with E-state index in [9.17, 15) is 4.79 Å². The van der Waals surface area contributed by atoms with Gasteiger partial charge in [-0.25, -0.2) is 0 Å². The molecule has 3 nitrogen and oxygen atoms in total. The molecule has 0 spiro atoms. The number of hydrogen-bond acceptors (Lipinski definition) is 3. The minimum atomic E-state index is -0.0716. The van der Waals surface area contributed by atoms with Crippen molar-refractivity contribution >= 4 is 17.4 Å². The molecule has 0 aliphatic rings. The lowest BCUT2D eigenvalue weighted by Crippen LogP contribution is -2.00. The molecule has 4 heteroatoms. The minimum Gasteiger partial charge on any atom is -0.496 e. The number of methoxy groups -OCH3 is 2. The number of ketones is 1. The highest BCUT2D eigenvalue weighted by molar-refractivity contribution is 6.31. The second kappa shape index (κ2) is 5.14. The van der Waals surface area contributed by atoms with E-state index in [0.29, 0.717) is 22.9 Å². The second-order valence-electron chi connectivity index (χ2n) is 3.13. The van der Waals surface area contributed by atoms with Gasteiger partial charge in [0.05, 0.1) is 19.3 Å². The number of hydrogen-bond donors (Lipinski definition) is 0. The van der Waals surface area contributed by atoms with Crippen molar-refractivity contribution in [2.75, 3.05) is 14.2 Å².